The molecule has 3 rings (SSSR count). The minimum absolute atomic E-state index is 0.216. The Morgan fingerprint density at radius 3 is 2.66 bits per heavy atom. The number of nitrogens with zero attached hydrogens (tertiary/aromatic N) is 3. The molecule has 1 heterocycles. The van der Waals surface area contributed by atoms with Crippen molar-refractivity contribution >= 4 is 40.8 Å². The first kappa shape index (κ1) is 21.0. The Morgan fingerprint density at radius 1 is 1.17 bits per heavy atom. The highest BCUT2D eigenvalue weighted by Gasteiger charge is 2.13. The number of phenols is 3. The Balaban J connectivity index is 2.16. The summed E-state index contributed by atoms with van der Waals surface area (Å²) in [6.45, 7) is 6.15. The zero-order valence-electron chi connectivity index (χ0n) is 15.3. The van der Waals surface area contributed by atoms with E-state index in [1.54, 1.807) is 22.9 Å². The second kappa shape index (κ2) is 8.73. The summed E-state index contributed by atoms with van der Waals surface area (Å²) in [5, 5.41) is 36.5. The van der Waals surface area contributed by atoms with Gasteiger partial charge >= 0.3 is 0 Å². The van der Waals surface area contributed by atoms with Gasteiger partial charge in [0.15, 0.2) is 11.5 Å². The summed E-state index contributed by atoms with van der Waals surface area (Å²) in [5.74, 6) is -1.52. The van der Waals surface area contributed by atoms with Crippen molar-refractivity contribution in [2.75, 3.05) is 6.54 Å². The Labute approximate surface area is 181 Å². The lowest BCUT2D eigenvalue weighted by atomic mass is 10.2. The van der Waals surface area contributed by atoms with E-state index in [0.29, 0.717) is 32.6 Å². The first-order valence-corrected chi connectivity index (χ1v) is 10.0. The molecule has 6 nitrogen and oxygen atoms in total. The average molecular weight is 450 g/mol. The fourth-order valence-electron chi connectivity index (χ4n) is 2.41. The van der Waals surface area contributed by atoms with Crippen LogP contribution in [0.25, 0.3) is 11.3 Å². The number of aromatic hydroxyl groups is 3. The van der Waals surface area contributed by atoms with Crippen LogP contribution in [0.5, 0.6) is 17.2 Å². The minimum Gasteiger partial charge on any atom is -0.504 e. The summed E-state index contributed by atoms with van der Waals surface area (Å²) in [4.78, 5) is 5.09. The maximum Gasteiger partial charge on any atom is 0.206 e. The van der Waals surface area contributed by atoms with Crippen molar-refractivity contribution in [3.05, 3.63) is 68.3 Å². The van der Waals surface area contributed by atoms with Gasteiger partial charge in [0.2, 0.25) is 10.6 Å². The molecule has 3 aromatic rings. The SMILES string of the molecule is C=C(C)CN=c1scc(-c2cc(Cl)ccc2Cl)n1N=Cc1ccc(O)c(O)c1O. The lowest BCUT2D eigenvalue weighted by Crippen LogP contribution is -2.13. The zero-order valence-corrected chi connectivity index (χ0v) is 17.6. The molecule has 0 saturated carbocycles. The lowest BCUT2D eigenvalue weighted by molar-refractivity contribution is 0.367. The molecule has 29 heavy (non-hydrogen) atoms. The summed E-state index contributed by atoms with van der Waals surface area (Å²) in [6.07, 6.45) is 1.35. The Bertz CT molecular complexity index is 1180. The summed E-state index contributed by atoms with van der Waals surface area (Å²) >= 11 is 13.8. The van der Waals surface area contributed by atoms with E-state index < -0.39 is 17.2 Å². The van der Waals surface area contributed by atoms with E-state index in [9.17, 15) is 15.3 Å². The summed E-state index contributed by atoms with van der Waals surface area (Å²) in [7, 11) is 0. The molecule has 0 atom stereocenters. The van der Waals surface area contributed by atoms with Crippen molar-refractivity contribution in [1.29, 1.82) is 0 Å². The van der Waals surface area contributed by atoms with Gasteiger partial charge in [-0.1, -0.05) is 35.4 Å². The molecule has 2 aromatic carbocycles. The van der Waals surface area contributed by atoms with Gasteiger partial charge in [-0.3, -0.25) is 4.99 Å². The van der Waals surface area contributed by atoms with Gasteiger partial charge < -0.3 is 15.3 Å². The molecule has 0 saturated heterocycles. The topological polar surface area (TPSA) is 90.3 Å². The third kappa shape index (κ3) is 4.64. The number of benzene rings is 2. The molecular formula is C20H17Cl2N3O3S. The number of halogens is 2. The number of hydrogen-bond donors (Lipinski definition) is 3. The van der Waals surface area contributed by atoms with Crippen LogP contribution in [-0.4, -0.2) is 32.8 Å². The van der Waals surface area contributed by atoms with Crippen molar-refractivity contribution < 1.29 is 15.3 Å². The van der Waals surface area contributed by atoms with Crippen LogP contribution in [0.3, 0.4) is 0 Å². The summed E-state index contributed by atoms with van der Waals surface area (Å²) < 4.78 is 1.56. The standard InChI is InChI=1S/C20H17Cl2N3O3S/c1-11(2)8-23-20-25(24-9-12-3-6-17(26)19(28)18(12)27)16(10-29-20)14-7-13(21)4-5-15(14)22/h3-7,9-10,26-28H,1,8H2,2H3. The van der Waals surface area contributed by atoms with Gasteiger partial charge in [0.05, 0.1) is 23.5 Å². The normalized spacial score (nSPS) is 12.0. The van der Waals surface area contributed by atoms with Crippen LogP contribution in [0.1, 0.15) is 12.5 Å². The van der Waals surface area contributed by atoms with Gasteiger partial charge in [0.25, 0.3) is 0 Å². The van der Waals surface area contributed by atoms with Crippen LogP contribution >= 0.6 is 34.5 Å². The molecule has 0 spiro atoms. The molecule has 3 N–H and O–H groups in total. The highest BCUT2D eigenvalue weighted by Crippen LogP contribution is 2.36. The molecule has 1 aromatic heterocycles. The predicted octanol–water partition coefficient (Wildman–Crippen LogP) is 5.00. The lowest BCUT2D eigenvalue weighted by Gasteiger charge is -2.07. The third-order valence-corrected chi connectivity index (χ3v) is 5.27. The number of thiazole rings is 1. The van der Waals surface area contributed by atoms with E-state index in [1.807, 2.05) is 12.3 Å². The van der Waals surface area contributed by atoms with Gasteiger partial charge in [-0.2, -0.15) is 5.10 Å². The molecule has 0 aliphatic rings. The fraction of sp³-hybridized carbons (Fsp3) is 0.100. The number of rotatable bonds is 5. The Hall–Kier alpha value is -2.74. The van der Waals surface area contributed by atoms with Crippen LogP contribution in [0.4, 0.5) is 0 Å². The van der Waals surface area contributed by atoms with Crippen LogP contribution in [-0.2, 0) is 0 Å². The van der Waals surface area contributed by atoms with Gasteiger partial charge in [0.1, 0.15) is 0 Å². The second-order valence-electron chi connectivity index (χ2n) is 6.23. The van der Waals surface area contributed by atoms with Gasteiger partial charge in [0, 0.05) is 21.5 Å². The van der Waals surface area contributed by atoms with E-state index >= 15 is 0 Å². The highest BCUT2D eigenvalue weighted by molar-refractivity contribution is 7.07. The monoisotopic (exact) mass is 449 g/mol. The van der Waals surface area contributed by atoms with Gasteiger partial charge in [-0.15, -0.1) is 11.3 Å². The molecule has 0 fully saturated rings. The molecule has 0 radical (unpaired) electrons. The number of aromatic nitrogens is 1. The van der Waals surface area contributed by atoms with Crippen molar-refractivity contribution in [1.82, 2.24) is 4.68 Å². The van der Waals surface area contributed by atoms with Crippen LogP contribution in [0.2, 0.25) is 10.0 Å². The van der Waals surface area contributed by atoms with Crippen molar-refractivity contribution in [3.8, 4) is 28.5 Å². The fourth-order valence-corrected chi connectivity index (χ4v) is 3.62. The van der Waals surface area contributed by atoms with Crippen molar-refractivity contribution in [3.63, 3.8) is 0 Å². The Kier molecular flexibility index (Phi) is 6.32. The van der Waals surface area contributed by atoms with Crippen LogP contribution in [0.15, 0.2) is 58.0 Å². The van der Waals surface area contributed by atoms with E-state index in [1.165, 1.54) is 29.7 Å². The summed E-state index contributed by atoms with van der Waals surface area (Å²) in [5.41, 5.74) is 2.43. The molecular weight excluding hydrogens is 433 g/mol. The Morgan fingerprint density at radius 2 is 1.93 bits per heavy atom. The maximum absolute atomic E-state index is 10.0. The van der Waals surface area contributed by atoms with E-state index in [-0.39, 0.29) is 5.56 Å². The van der Waals surface area contributed by atoms with Crippen molar-refractivity contribution in [2.24, 2.45) is 10.1 Å². The van der Waals surface area contributed by atoms with E-state index in [2.05, 4.69) is 16.7 Å². The quantitative estimate of drug-likeness (QED) is 0.290. The smallest absolute Gasteiger partial charge is 0.206 e. The molecule has 0 bridgehead atoms. The average Bonchev–Trinajstić information content (AvgIpc) is 3.08. The molecule has 150 valence electrons. The van der Waals surface area contributed by atoms with Gasteiger partial charge in [-0.05, 0) is 37.3 Å². The maximum atomic E-state index is 10.0. The zero-order chi connectivity index (χ0) is 21.1. The number of phenolic OH excluding ortho intramolecular Hbond substituents is 3. The van der Waals surface area contributed by atoms with Crippen LogP contribution in [0, 0.1) is 0 Å². The van der Waals surface area contributed by atoms with E-state index in [0.717, 1.165) is 5.57 Å². The molecule has 0 aliphatic carbocycles. The minimum atomic E-state index is -0.616. The second-order valence-corrected chi connectivity index (χ2v) is 7.91. The highest BCUT2D eigenvalue weighted by atomic mass is 35.5. The molecule has 9 heteroatoms. The third-order valence-electron chi connectivity index (χ3n) is 3.85. The van der Waals surface area contributed by atoms with E-state index in [4.69, 9.17) is 23.2 Å². The first-order valence-electron chi connectivity index (χ1n) is 8.37. The number of hydrogen-bond acceptors (Lipinski definition) is 6. The predicted molar refractivity (Wildman–Crippen MR) is 117 cm³/mol. The van der Waals surface area contributed by atoms with Gasteiger partial charge in [-0.25, -0.2) is 4.68 Å². The molecule has 0 aliphatic heterocycles. The summed E-state index contributed by atoms with van der Waals surface area (Å²) in [6, 6.07) is 7.80. The largest absolute Gasteiger partial charge is 0.504 e. The molecule has 0 amide bonds. The van der Waals surface area contributed by atoms with Crippen LogP contribution < -0.4 is 4.80 Å². The first-order chi connectivity index (χ1) is 13.8. The van der Waals surface area contributed by atoms with Crippen molar-refractivity contribution in [2.45, 2.75) is 6.92 Å². The molecule has 0 unspecified atom stereocenters.